The van der Waals surface area contributed by atoms with Gasteiger partial charge in [-0.3, -0.25) is 0 Å². The van der Waals surface area contributed by atoms with E-state index < -0.39 is 19.8 Å². The summed E-state index contributed by atoms with van der Waals surface area (Å²) in [7, 11) is 0. The van der Waals surface area contributed by atoms with Gasteiger partial charge in [0, 0.05) is 5.69 Å². The first kappa shape index (κ1) is 25.6. The molecule has 3 aromatic carbocycles. The number of halogens is 1. The number of aromatic hydroxyl groups is 1. The Kier molecular flexibility index (Phi) is 6.37. The first-order valence-electron chi connectivity index (χ1n) is 14.0. The molecule has 7 heteroatoms. The van der Waals surface area contributed by atoms with E-state index in [9.17, 15) is 14.7 Å². The quantitative estimate of drug-likeness (QED) is 0.218. The van der Waals surface area contributed by atoms with Crippen LogP contribution in [-0.2, 0) is 16.0 Å². The fourth-order valence-corrected chi connectivity index (χ4v) is 11.9. The molecule has 3 heterocycles. The van der Waals surface area contributed by atoms with Crippen molar-refractivity contribution in [1.82, 2.24) is 4.90 Å². The van der Waals surface area contributed by atoms with E-state index in [-0.39, 0.29) is 17.6 Å². The Morgan fingerprint density at radius 1 is 1.12 bits per heavy atom. The third kappa shape index (κ3) is 4.58. The van der Waals surface area contributed by atoms with E-state index in [1.54, 1.807) is 0 Å². The molecule has 1 aliphatic carbocycles. The minimum atomic E-state index is -0.840. The van der Waals surface area contributed by atoms with Crippen LogP contribution in [0.25, 0.3) is 10.8 Å². The van der Waals surface area contributed by atoms with Crippen LogP contribution in [0.2, 0.25) is 0 Å². The molecule has 3 aromatic rings. The third-order valence-corrected chi connectivity index (χ3v) is 13.7. The number of phenols is 1. The van der Waals surface area contributed by atoms with Crippen molar-refractivity contribution in [1.29, 1.82) is 0 Å². The van der Waals surface area contributed by atoms with Gasteiger partial charge in [0.05, 0.1) is 0 Å². The van der Waals surface area contributed by atoms with Crippen molar-refractivity contribution < 1.29 is 14.7 Å². The van der Waals surface area contributed by atoms with E-state index in [1.165, 1.54) is 24.4 Å². The van der Waals surface area contributed by atoms with E-state index in [4.69, 9.17) is 5.73 Å². The molecule has 0 radical (unpaired) electrons. The summed E-state index contributed by atoms with van der Waals surface area (Å²) in [6.45, 7) is 4.04. The zero-order valence-corrected chi connectivity index (χ0v) is 24.9. The standard InChI is InChI=1S/C33H34IN3O3/c1-20-3-2-4-27-29(38)16-28-32(31(20)27)25(17-34-10-11-34)19-37(28)33(40)23-14-22-9-12-36(18-24(22)15-23)30(39)13-21-5-7-26(35)8-6-21/h2-8,15-16,25,38H,9-14,17-19,35H2,1H3/t25-/m1/s1. The van der Waals surface area contributed by atoms with Crippen molar-refractivity contribution in [3.8, 4) is 5.75 Å². The van der Waals surface area contributed by atoms with Crippen LogP contribution in [0.1, 0.15) is 35.4 Å². The van der Waals surface area contributed by atoms with E-state index in [1.807, 2.05) is 58.3 Å². The SMILES string of the molecule is Cc1cccc2c(O)cc3c(c12)[C@H](CI1CC1)CN3C(=O)C1=CC2=C(CCN(C(=O)Cc3ccc(N)cc3)C2)C1. The maximum atomic E-state index is 14.1. The Balaban J connectivity index is 1.13. The van der Waals surface area contributed by atoms with Crippen LogP contribution < -0.4 is 10.6 Å². The summed E-state index contributed by atoms with van der Waals surface area (Å²) in [6.07, 6.45) is 3.85. The van der Waals surface area contributed by atoms with Gasteiger partial charge in [-0.25, -0.2) is 0 Å². The summed E-state index contributed by atoms with van der Waals surface area (Å²) in [5, 5.41) is 13.0. The molecule has 40 heavy (non-hydrogen) atoms. The molecule has 3 N–H and O–H groups in total. The number of rotatable bonds is 5. The maximum absolute atomic E-state index is 14.1. The van der Waals surface area contributed by atoms with E-state index >= 15 is 0 Å². The Morgan fingerprint density at radius 3 is 2.70 bits per heavy atom. The Hall–Kier alpha value is -3.33. The number of alkyl halides is 3. The Morgan fingerprint density at radius 2 is 1.93 bits per heavy atom. The average Bonchev–Trinajstić information content (AvgIpc) is 3.55. The molecular weight excluding hydrogens is 613 g/mol. The van der Waals surface area contributed by atoms with Crippen LogP contribution in [0.5, 0.6) is 5.75 Å². The second-order valence-electron chi connectivity index (χ2n) is 11.5. The summed E-state index contributed by atoms with van der Waals surface area (Å²) >= 11 is -0.840. The normalized spacial score (nSPS) is 20.6. The number of nitrogen functional groups attached to an aromatic ring is 1. The molecule has 0 unspecified atom stereocenters. The minimum absolute atomic E-state index is 0.0461. The number of phenolic OH excluding ortho intramolecular Hbond substituents is 1. The van der Waals surface area contributed by atoms with Gasteiger partial charge in [0.15, 0.2) is 0 Å². The average molecular weight is 648 g/mol. The molecule has 0 bridgehead atoms. The Bertz CT molecular complexity index is 1620. The van der Waals surface area contributed by atoms with Crippen molar-refractivity contribution in [3.63, 3.8) is 0 Å². The van der Waals surface area contributed by atoms with E-state index in [0.29, 0.717) is 44.1 Å². The van der Waals surface area contributed by atoms with Gasteiger partial charge >= 0.3 is 202 Å². The van der Waals surface area contributed by atoms with Crippen molar-refractivity contribution in [2.75, 3.05) is 43.6 Å². The van der Waals surface area contributed by atoms with Gasteiger partial charge in [0.1, 0.15) is 0 Å². The number of nitrogens with two attached hydrogens (primary N) is 1. The second kappa shape index (κ2) is 9.94. The number of aryl methyl sites for hydroxylation is 1. The van der Waals surface area contributed by atoms with Gasteiger partial charge in [-0.2, -0.15) is 0 Å². The van der Waals surface area contributed by atoms with Crippen LogP contribution in [-0.4, -0.2) is 54.7 Å². The van der Waals surface area contributed by atoms with Gasteiger partial charge in [0.2, 0.25) is 0 Å². The van der Waals surface area contributed by atoms with Crippen molar-refractivity contribution >= 4 is 53.8 Å². The molecule has 1 atom stereocenters. The summed E-state index contributed by atoms with van der Waals surface area (Å²) in [5.41, 5.74) is 13.9. The number of hydrogen-bond acceptors (Lipinski definition) is 4. The van der Waals surface area contributed by atoms with Crippen LogP contribution in [0, 0.1) is 6.92 Å². The van der Waals surface area contributed by atoms with Gasteiger partial charge in [-0.15, -0.1) is 0 Å². The molecule has 0 spiro atoms. The molecule has 4 aliphatic rings. The summed E-state index contributed by atoms with van der Waals surface area (Å²) in [6, 6.07) is 15.4. The number of benzene rings is 3. The van der Waals surface area contributed by atoms with E-state index in [2.05, 4.69) is 13.0 Å². The summed E-state index contributed by atoms with van der Waals surface area (Å²) in [5.74, 6) is 0.740. The third-order valence-electron chi connectivity index (χ3n) is 8.79. The van der Waals surface area contributed by atoms with Gasteiger partial charge < -0.3 is 5.73 Å². The predicted molar refractivity (Wildman–Crippen MR) is 170 cm³/mol. The topological polar surface area (TPSA) is 86.9 Å². The zero-order chi connectivity index (χ0) is 27.5. The first-order chi connectivity index (χ1) is 19.4. The van der Waals surface area contributed by atoms with Crippen molar-refractivity contribution in [3.05, 3.63) is 88.0 Å². The van der Waals surface area contributed by atoms with Crippen LogP contribution in [0.15, 0.2) is 71.3 Å². The molecule has 6 nitrogen and oxygen atoms in total. The van der Waals surface area contributed by atoms with Crippen molar-refractivity contribution in [2.24, 2.45) is 0 Å². The van der Waals surface area contributed by atoms with Crippen LogP contribution in [0.4, 0.5) is 11.4 Å². The van der Waals surface area contributed by atoms with Crippen LogP contribution >= 0.6 is 19.8 Å². The number of fused-ring (bicyclic) bond motifs is 3. The monoisotopic (exact) mass is 647 g/mol. The van der Waals surface area contributed by atoms with Gasteiger partial charge in [-0.1, -0.05) is 12.1 Å². The Labute approximate surface area is 241 Å². The number of nitrogens with zero attached hydrogens (tertiary/aromatic N) is 2. The molecule has 3 aliphatic heterocycles. The summed E-state index contributed by atoms with van der Waals surface area (Å²) in [4.78, 5) is 31.0. The number of hydrogen-bond donors (Lipinski definition) is 2. The molecule has 1 fully saturated rings. The number of carbonyl (C=O) groups is 2. The first-order valence-corrected chi connectivity index (χ1v) is 18.6. The fourth-order valence-electron chi connectivity index (χ4n) is 6.60. The molecule has 206 valence electrons. The molecule has 0 saturated carbocycles. The van der Waals surface area contributed by atoms with Gasteiger partial charge in [0.25, 0.3) is 0 Å². The van der Waals surface area contributed by atoms with Crippen molar-refractivity contribution in [2.45, 2.75) is 32.1 Å². The van der Waals surface area contributed by atoms with Gasteiger partial charge in [-0.05, 0) is 17.7 Å². The van der Waals surface area contributed by atoms with Crippen LogP contribution in [0.3, 0.4) is 0 Å². The molecular formula is C33H34IN3O3. The molecule has 1 saturated heterocycles. The number of amides is 2. The second-order valence-corrected chi connectivity index (χ2v) is 17.8. The zero-order valence-electron chi connectivity index (χ0n) is 22.8. The number of anilines is 2. The van der Waals surface area contributed by atoms with E-state index in [0.717, 1.165) is 45.2 Å². The fraction of sp³-hybridized carbons (Fsp3) is 0.333. The number of carbonyl (C=O) groups excluding carboxylic acids is 2. The molecule has 2 amide bonds. The predicted octanol–water partition coefficient (Wildman–Crippen LogP) is 5.49. The molecule has 7 rings (SSSR count). The molecule has 0 aromatic heterocycles. The summed E-state index contributed by atoms with van der Waals surface area (Å²) < 4.78 is 4.09.